The lowest BCUT2D eigenvalue weighted by atomic mass is 10.2. The van der Waals surface area contributed by atoms with Gasteiger partial charge in [0.25, 0.3) is 5.91 Å². The van der Waals surface area contributed by atoms with E-state index in [1.54, 1.807) is 25.3 Å². The van der Waals surface area contributed by atoms with Gasteiger partial charge in [-0.15, -0.1) is 0 Å². The van der Waals surface area contributed by atoms with Crippen LogP contribution in [0.25, 0.3) is 11.4 Å². The molecule has 1 amide bonds. The predicted molar refractivity (Wildman–Crippen MR) is 111 cm³/mol. The van der Waals surface area contributed by atoms with Crippen LogP contribution in [-0.4, -0.2) is 36.1 Å². The highest BCUT2D eigenvalue weighted by Gasteiger charge is 2.13. The number of halogens is 1. The van der Waals surface area contributed by atoms with Crippen LogP contribution in [0.2, 0.25) is 5.02 Å². The molecule has 0 aliphatic carbocycles. The van der Waals surface area contributed by atoms with Crippen LogP contribution < -0.4 is 10.6 Å². The fourth-order valence-electron chi connectivity index (χ4n) is 2.57. The second kappa shape index (κ2) is 9.82. The van der Waals surface area contributed by atoms with Gasteiger partial charge in [0, 0.05) is 42.6 Å². The Morgan fingerprint density at radius 3 is 2.64 bits per heavy atom. The molecule has 2 aromatic carbocycles. The summed E-state index contributed by atoms with van der Waals surface area (Å²) in [5.74, 6) is 0.720. The molecule has 0 spiro atoms. The number of carbonyl (C=O) groups is 1. The summed E-state index contributed by atoms with van der Waals surface area (Å²) in [5.41, 5.74) is 1.89. The van der Waals surface area contributed by atoms with Crippen LogP contribution in [0.5, 0.6) is 0 Å². The number of nitrogens with one attached hydrogen (secondary N) is 2. The van der Waals surface area contributed by atoms with E-state index in [2.05, 4.69) is 20.6 Å². The van der Waals surface area contributed by atoms with Crippen molar-refractivity contribution < 1.29 is 9.53 Å². The molecule has 3 rings (SSSR count). The van der Waals surface area contributed by atoms with Gasteiger partial charge in [0.15, 0.2) is 5.82 Å². The summed E-state index contributed by atoms with van der Waals surface area (Å²) in [5, 5.41) is 6.66. The van der Waals surface area contributed by atoms with Gasteiger partial charge in [-0.25, -0.2) is 9.97 Å². The lowest BCUT2D eigenvalue weighted by Crippen LogP contribution is -2.26. The number of amides is 1. The van der Waals surface area contributed by atoms with Crippen molar-refractivity contribution in [1.82, 2.24) is 15.3 Å². The number of hydrogen-bond acceptors (Lipinski definition) is 5. The third kappa shape index (κ3) is 5.52. The zero-order valence-electron chi connectivity index (χ0n) is 15.5. The minimum Gasteiger partial charge on any atom is -0.385 e. The van der Waals surface area contributed by atoms with Crippen molar-refractivity contribution in [3.63, 3.8) is 0 Å². The van der Waals surface area contributed by atoms with E-state index in [1.807, 2.05) is 42.5 Å². The molecular formula is C21H21ClN4O2. The van der Waals surface area contributed by atoms with Gasteiger partial charge in [-0.2, -0.15) is 0 Å². The first-order chi connectivity index (χ1) is 13.7. The monoisotopic (exact) mass is 396 g/mol. The summed E-state index contributed by atoms with van der Waals surface area (Å²) in [6.07, 6.45) is 0.729. The van der Waals surface area contributed by atoms with Gasteiger partial charge in [0.1, 0.15) is 11.5 Å². The zero-order valence-corrected chi connectivity index (χ0v) is 16.2. The van der Waals surface area contributed by atoms with Crippen LogP contribution in [0, 0.1) is 0 Å². The molecule has 144 valence electrons. The normalized spacial score (nSPS) is 10.5. The van der Waals surface area contributed by atoms with E-state index in [0.717, 1.165) is 17.7 Å². The second-order valence-electron chi connectivity index (χ2n) is 6.07. The molecule has 3 aromatic rings. The minimum absolute atomic E-state index is 0.259. The summed E-state index contributed by atoms with van der Waals surface area (Å²) < 4.78 is 5.00. The van der Waals surface area contributed by atoms with Crippen molar-refractivity contribution in [2.24, 2.45) is 0 Å². The van der Waals surface area contributed by atoms with Gasteiger partial charge in [0.2, 0.25) is 0 Å². The molecule has 1 aromatic heterocycles. The first-order valence-electron chi connectivity index (χ1n) is 8.90. The smallest absolute Gasteiger partial charge is 0.270 e. The van der Waals surface area contributed by atoms with Gasteiger partial charge in [0.05, 0.1) is 0 Å². The van der Waals surface area contributed by atoms with Gasteiger partial charge in [-0.3, -0.25) is 4.79 Å². The molecule has 1 heterocycles. The van der Waals surface area contributed by atoms with Crippen molar-refractivity contribution in [3.05, 3.63) is 71.4 Å². The Kier molecular flexibility index (Phi) is 6.94. The Morgan fingerprint density at radius 2 is 1.89 bits per heavy atom. The molecule has 7 heteroatoms. The van der Waals surface area contributed by atoms with Gasteiger partial charge < -0.3 is 15.4 Å². The molecule has 0 fully saturated rings. The Bertz CT molecular complexity index is 935. The molecule has 6 nitrogen and oxygen atoms in total. The largest absolute Gasteiger partial charge is 0.385 e. The highest BCUT2D eigenvalue weighted by atomic mass is 35.5. The number of ether oxygens (including phenoxy) is 1. The number of rotatable bonds is 8. The number of aromatic nitrogens is 2. The van der Waals surface area contributed by atoms with Crippen LogP contribution >= 0.6 is 11.6 Å². The standard InChI is InChI=1S/C21H21ClN4O2/c1-28-12-6-11-23-21(27)18-14-19(24-17-10-5-9-16(22)13-17)26-20(25-18)15-7-3-2-4-8-15/h2-5,7-10,13-14H,6,11-12H2,1H3,(H,23,27)(H,24,25,26). The van der Waals surface area contributed by atoms with Crippen molar-refractivity contribution >= 4 is 29.0 Å². The first-order valence-corrected chi connectivity index (χ1v) is 9.28. The van der Waals surface area contributed by atoms with E-state index in [9.17, 15) is 4.79 Å². The molecule has 28 heavy (non-hydrogen) atoms. The van der Waals surface area contributed by atoms with Gasteiger partial charge >= 0.3 is 0 Å². The number of benzene rings is 2. The summed E-state index contributed by atoms with van der Waals surface area (Å²) in [6, 6.07) is 18.4. The molecule has 0 bridgehead atoms. The average molecular weight is 397 g/mol. The van der Waals surface area contributed by atoms with E-state index in [-0.39, 0.29) is 11.6 Å². The van der Waals surface area contributed by atoms with Gasteiger partial charge in [-0.05, 0) is 24.6 Å². The average Bonchev–Trinajstić information content (AvgIpc) is 2.71. The van der Waals surface area contributed by atoms with Crippen molar-refractivity contribution in [2.45, 2.75) is 6.42 Å². The van der Waals surface area contributed by atoms with Crippen LogP contribution in [0.3, 0.4) is 0 Å². The predicted octanol–water partition coefficient (Wildman–Crippen LogP) is 4.31. The van der Waals surface area contributed by atoms with E-state index in [1.165, 1.54) is 0 Å². The van der Waals surface area contributed by atoms with Crippen LogP contribution in [-0.2, 0) is 4.74 Å². The molecular weight excluding hydrogens is 376 g/mol. The molecule has 0 aliphatic heterocycles. The van der Waals surface area contributed by atoms with E-state index < -0.39 is 0 Å². The highest BCUT2D eigenvalue weighted by molar-refractivity contribution is 6.30. The van der Waals surface area contributed by atoms with Crippen LogP contribution in [0.15, 0.2) is 60.7 Å². The topological polar surface area (TPSA) is 76.1 Å². The van der Waals surface area contributed by atoms with Crippen molar-refractivity contribution in [3.8, 4) is 11.4 Å². The summed E-state index contributed by atoms with van der Waals surface area (Å²) >= 11 is 6.06. The molecule has 0 saturated carbocycles. The number of anilines is 2. The van der Waals surface area contributed by atoms with Gasteiger partial charge in [-0.1, -0.05) is 48.0 Å². The Hall–Kier alpha value is -2.96. The SMILES string of the molecule is COCCCNC(=O)c1cc(Nc2cccc(Cl)c2)nc(-c2ccccc2)n1. The lowest BCUT2D eigenvalue weighted by Gasteiger charge is -2.11. The Morgan fingerprint density at radius 1 is 1.07 bits per heavy atom. The fourth-order valence-corrected chi connectivity index (χ4v) is 2.76. The van der Waals surface area contributed by atoms with Crippen LogP contribution in [0.4, 0.5) is 11.5 Å². The van der Waals surface area contributed by atoms with Crippen LogP contribution in [0.1, 0.15) is 16.9 Å². The Balaban J connectivity index is 1.89. The van der Waals surface area contributed by atoms with Crippen molar-refractivity contribution in [1.29, 1.82) is 0 Å². The van der Waals surface area contributed by atoms with E-state index in [4.69, 9.17) is 16.3 Å². The summed E-state index contributed by atoms with van der Waals surface area (Å²) in [7, 11) is 1.63. The number of nitrogens with zero attached hydrogens (tertiary/aromatic N) is 2. The molecule has 0 unspecified atom stereocenters. The molecule has 0 saturated heterocycles. The molecule has 0 atom stereocenters. The maximum atomic E-state index is 12.6. The molecule has 0 aliphatic rings. The third-order valence-corrected chi connectivity index (χ3v) is 4.13. The van der Waals surface area contributed by atoms with E-state index >= 15 is 0 Å². The highest BCUT2D eigenvalue weighted by Crippen LogP contribution is 2.22. The maximum Gasteiger partial charge on any atom is 0.270 e. The minimum atomic E-state index is -0.259. The number of methoxy groups -OCH3 is 1. The molecule has 2 N–H and O–H groups in total. The Labute approximate surface area is 168 Å². The maximum absolute atomic E-state index is 12.6. The second-order valence-corrected chi connectivity index (χ2v) is 6.50. The quantitative estimate of drug-likeness (QED) is 0.555. The zero-order chi connectivity index (χ0) is 19.8. The lowest BCUT2D eigenvalue weighted by molar-refractivity contribution is 0.0943. The summed E-state index contributed by atoms with van der Waals surface area (Å²) in [6.45, 7) is 1.09. The summed E-state index contributed by atoms with van der Waals surface area (Å²) in [4.78, 5) is 21.6. The number of hydrogen-bond donors (Lipinski definition) is 2. The van der Waals surface area contributed by atoms with E-state index in [0.29, 0.717) is 29.8 Å². The van der Waals surface area contributed by atoms with Crippen molar-refractivity contribution in [2.75, 3.05) is 25.6 Å². The fraction of sp³-hybridized carbons (Fsp3) is 0.190. The third-order valence-electron chi connectivity index (χ3n) is 3.90. The molecule has 0 radical (unpaired) electrons. The first kappa shape index (κ1) is 19.8. The number of carbonyl (C=O) groups excluding carboxylic acids is 1.